The fourth-order valence-electron chi connectivity index (χ4n) is 4.33. The minimum absolute atomic E-state index is 0.103. The first-order valence-electron chi connectivity index (χ1n) is 10.3. The summed E-state index contributed by atoms with van der Waals surface area (Å²) in [5.74, 6) is -1.10. The van der Waals surface area contributed by atoms with E-state index in [9.17, 15) is 14.0 Å². The Morgan fingerprint density at radius 3 is 2.81 bits per heavy atom. The quantitative estimate of drug-likeness (QED) is 0.666. The molecule has 3 aromatic rings. The van der Waals surface area contributed by atoms with Gasteiger partial charge in [0, 0.05) is 32.2 Å². The van der Waals surface area contributed by atoms with Gasteiger partial charge in [-0.05, 0) is 49.6 Å². The van der Waals surface area contributed by atoms with Crippen LogP contribution in [-0.2, 0) is 11.8 Å². The molecule has 1 amide bonds. The smallest absolute Gasteiger partial charge is 0.330 e. The number of hydrogen-bond donors (Lipinski definition) is 1. The summed E-state index contributed by atoms with van der Waals surface area (Å²) in [5.41, 5.74) is 2.55. The van der Waals surface area contributed by atoms with Gasteiger partial charge >= 0.3 is 5.69 Å². The lowest BCUT2D eigenvalue weighted by molar-refractivity contribution is -0.134. The van der Waals surface area contributed by atoms with Crippen molar-refractivity contribution in [3.05, 3.63) is 57.3 Å². The first-order chi connectivity index (χ1) is 14.8. The topological polar surface area (TPSA) is 72.2 Å². The number of benzene rings is 1. The van der Waals surface area contributed by atoms with Gasteiger partial charge < -0.3 is 10.2 Å². The van der Waals surface area contributed by atoms with Crippen molar-refractivity contribution in [2.75, 3.05) is 25.5 Å². The number of anilines is 1. The number of imidazole rings is 1. The number of nitrogens with one attached hydrogen (secondary N) is 1. The Kier molecular flexibility index (Phi) is 5.75. The van der Waals surface area contributed by atoms with Crippen molar-refractivity contribution in [2.45, 2.75) is 31.7 Å². The molecule has 1 N–H and O–H groups in total. The number of aryl methyl sites for hydroxylation is 1. The number of hydrogen-bond acceptors (Lipinski definition) is 4. The van der Waals surface area contributed by atoms with Crippen LogP contribution < -0.4 is 11.0 Å². The van der Waals surface area contributed by atoms with Gasteiger partial charge in [0.15, 0.2) is 5.65 Å². The number of amides is 1. The molecule has 0 radical (unpaired) electrons. The number of halogens is 2. The van der Waals surface area contributed by atoms with Crippen molar-refractivity contribution in [3.63, 3.8) is 0 Å². The van der Waals surface area contributed by atoms with E-state index in [0.29, 0.717) is 24.3 Å². The van der Waals surface area contributed by atoms with Gasteiger partial charge in [0.05, 0.1) is 29.4 Å². The van der Waals surface area contributed by atoms with Crippen molar-refractivity contribution < 1.29 is 9.18 Å². The first kappa shape index (κ1) is 21.4. The van der Waals surface area contributed by atoms with Crippen molar-refractivity contribution in [1.82, 2.24) is 19.0 Å². The zero-order valence-electron chi connectivity index (χ0n) is 17.7. The summed E-state index contributed by atoms with van der Waals surface area (Å²) in [6.07, 6.45) is 3.25. The van der Waals surface area contributed by atoms with Gasteiger partial charge in [0.1, 0.15) is 5.82 Å². The predicted octanol–water partition coefficient (Wildman–Crippen LogP) is 3.54. The Morgan fingerprint density at radius 2 is 2.10 bits per heavy atom. The molecule has 2 aromatic heterocycles. The number of carbonyl (C=O) groups excluding carboxylic acids is 1. The molecule has 1 saturated heterocycles. The third-order valence-corrected chi connectivity index (χ3v) is 6.25. The highest BCUT2D eigenvalue weighted by atomic mass is 35.5. The lowest BCUT2D eigenvalue weighted by Gasteiger charge is -2.35. The maximum absolute atomic E-state index is 13.8. The number of rotatable bonds is 4. The van der Waals surface area contributed by atoms with E-state index < -0.39 is 11.7 Å². The van der Waals surface area contributed by atoms with Crippen molar-refractivity contribution >= 4 is 34.4 Å². The summed E-state index contributed by atoms with van der Waals surface area (Å²) in [5, 5.41) is 3.32. The van der Waals surface area contributed by atoms with Crippen LogP contribution in [0.25, 0.3) is 11.2 Å². The molecule has 1 aliphatic heterocycles. The third kappa shape index (κ3) is 3.92. The van der Waals surface area contributed by atoms with E-state index in [0.717, 1.165) is 24.0 Å². The summed E-state index contributed by atoms with van der Waals surface area (Å²) in [7, 11) is 3.50. The molecule has 9 heteroatoms. The highest BCUT2D eigenvalue weighted by Gasteiger charge is 2.31. The van der Waals surface area contributed by atoms with E-state index in [1.54, 1.807) is 42.7 Å². The van der Waals surface area contributed by atoms with E-state index in [1.165, 1.54) is 16.7 Å². The van der Waals surface area contributed by atoms with Gasteiger partial charge in [-0.25, -0.2) is 14.2 Å². The van der Waals surface area contributed by atoms with Crippen LogP contribution in [0.4, 0.5) is 10.1 Å². The number of likely N-dealkylation sites (tertiary alicyclic amines) is 1. The maximum atomic E-state index is 13.8. The SMILES string of the molecule is CNc1cnc2c(c1)n([C@H]1CCCN(C(=O)[C@H](C)c3cc(F)cc(Cl)c3)C1)c(=O)n2C. The largest absolute Gasteiger partial charge is 0.387 e. The summed E-state index contributed by atoms with van der Waals surface area (Å²) < 4.78 is 17.1. The second-order valence-corrected chi connectivity index (χ2v) is 8.47. The van der Waals surface area contributed by atoms with E-state index in [1.807, 2.05) is 6.07 Å². The highest BCUT2D eigenvalue weighted by Crippen LogP contribution is 2.29. The van der Waals surface area contributed by atoms with Crippen molar-refractivity contribution in [1.29, 1.82) is 0 Å². The Labute approximate surface area is 184 Å². The maximum Gasteiger partial charge on any atom is 0.330 e. The zero-order valence-corrected chi connectivity index (χ0v) is 18.5. The van der Waals surface area contributed by atoms with E-state index in [4.69, 9.17) is 11.6 Å². The van der Waals surface area contributed by atoms with Gasteiger partial charge in [-0.2, -0.15) is 0 Å². The van der Waals surface area contributed by atoms with Gasteiger partial charge in [-0.15, -0.1) is 0 Å². The molecule has 31 heavy (non-hydrogen) atoms. The second-order valence-electron chi connectivity index (χ2n) is 8.03. The summed E-state index contributed by atoms with van der Waals surface area (Å²) >= 11 is 5.97. The van der Waals surface area contributed by atoms with Crippen LogP contribution in [0.3, 0.4) is 0 Å². The number of nitrogens with zero attached hydrogens (tertiary/aromatic N) is 4. The molecule has 0 aliphatic carbocycles. The molecule has 164 valence electrons. The van der Waals surface area contributed by atoms with E-state index in [2.05, 4.69) is 10.3 Å². The Balaban J connectivity index is 1.64. The van der Waals surface area contributed by atoms with Gasteiger partial charge in [-0.3, -0.25) is 13.9 Å². The third-order valence-electron chi connectivity index (χ3n) is 6.03. The molecule has 0 spiro atoms. The van der Waals surface area contributed by atoms with Gasteiger partial charge in [-0.1, -0.05) is 11.6 Å². The lowest BCUT2D eigenvalue weighted by atomic mass is 9.97. The van der Waals surface area contributed by atoms with Crippen LogP contribution in [0.1, 0.15) is 37.3 Å². The molecule has 1 aromatic carbocycles. The molecule has 1 fully saturated rings. The molecule has 3 heterocycles. The van der Waals surface area contributed by atoms with Crippen molar-refractivity contribution in [3.8, 4) is 0 Å². The molecular formula is C22H25ClFN5O2. The minimum Gasteiger partial charge on any atom is -0.387 e. The predicted molar refractivity (Wildman–Crippen MR) is 119 cm³/mol. The van der Waals surface area contributed by atoms with Crippen LogP contribution in [0.15, 0.2) is 35.3 Å². The minimum atomic E-state index is -0.534. The number of aromatic nitrogens is 3. The summed E-state index contributed by atoms with van der Waals surface area (Å²) in [6.45, 7) is 2.77. The Hall–Kier alpha value is -2.87. The number of pyridine rings is 1. The molecule has 1 aliphatic rings. The monoisotopic (exact) mass is 445 g/mol. The summed E-state index contributed by atoms with van der Waals surface area (Å²) in [6, 6.07) is 5.93. The Bertz CT molecular complexity index is 1180. The van der Waals surface area contributed by atoms with Crippen LogP contribution in [0, 0.1) is 5.82 Å². The molecular weight excluding hydrogens is 421 g/mol. The Morgan fingerprint density at radius 1 is 1.32 bits per heavy atom. The fraction of sp³-hybridized carbons (Fsp3) is 0.409. The van der Waals surface area contributed by atoms with Crippen LogP contribution >= 0.6 is 11.6 Å². The highest BCUT2D eigenvalue weighted by molar-refractivity contribution is 6.30. The molecule has 7 nitrogen and oxygen atoms in total. The number of carbonyl (C=O) groups is 1. The molecule has 0 unspecified atom stereocenters. The average Bonchev–Trinajstić information content (AvgIpc) is 3.01. The number of piperidine rings is 1. The van der Waals surface area contributed by atoms with E-state index in [-0.39, 0.29) is 22.7 Å². The van der Waals surface area contributed by atoms with Crippen LogP contribution in [0.2, 0.25) is 5.02 Å². The van der Waals surface area contributed by atoms with Crippen LogP contribution in [-0.4, -0.2) is 45.1 Å². The number of fused-ring (bicyclic) bond motifs is 1. The fourth-order valence-corrected chi connectivity index (χ4v) is 4.56. The van der Waals surface area contributed by atoms with Gasteiger partial charge in [0.2, 0.25) is 5.91 Å². The standard InChI is InChI=1S/C22H25ClFN5O2/c1-13(14-7-15(23)9-16(24)8-14)21(30)28-6-4-5-18(12-28)29-19-10-17(25-2)11-26-20(19)27(3)22(29)31/h7-11,13,18,25H,4-6,12H2,1-3H3/t13-,18+/m1/s1. The average molecular weight is 446 g/mol. The summed E-state index contributed by atoms with van der Waals surface area (Å²) in [4.78, 5) is 32.4. The van der Waals surface area contributed by atoms with Gasteiger partial charge in [0.25, 0.3) is 0 Å². The lowest BCUT2D eigenvalue weighted by Crippen LogP contribution is -2.44. The first-order valence-corrected chi connectivity index (χ1v) is 10.7. The molecule has 2 atom stereocenters. The zero-order chi connectivity index (χ0) is 22.3. The van der Waals surface area contributed by atoms with Crippen LogP contribution in [0.5, 0.6) is 0 Å². The normalized spacial score (nSPS) is 17.7. The molecule has 0 bridgehead atoms. The van der Waals surface area contributed by atoms with E-state index >= 15 is 0 Å². The molecule has 4 rings (SSSR count). The molecule has 0 saturated carbocycles. The van der Waals surface area contributed by atoms with Crippen molar-refractivity contribution in [2.24, 2.45) is 7.05 Å². The second kappa shape index (κ2) is 8.34.